The van der Waals surface area contributed by atoms with Gasteiger partial charge in [0.1, 0.15) is 0 Å². The lowest BCUT2D eigenvalue weighted by molar-refractivity contribution is -0.142. The van der Waals surface area contributed by atoms with Crippen molar-refractivity contribution < 1.29 is 9.53 Å². The van der Waals surface area contributed by atoms with Gasteiger partial charge in [-0.25, -0.2) is 0 Å². The quantitative estimate of drug-likeness (QED) is 0.317. The van der Waals surface area contributed by atoms with Crippen LogP contribution >= 0.6 is 0 Å². The first-order valence-electron chi connectivity index (χ1n) is 9.37. The molecule has 0 saturated carbocycles. The number of nitrogens with one attached hydrogen (secondary N) is 1. The number of hydrogen-bond donors (Lipinski definition) is 2. The Morgan fingerprint density at radius 1 is 0.864 bits per heavy atom. The maximum absolute atomic E-state index is 11.3. The van der Waals surface area contributed by atoms with Gasteiger partial charge >= 0.3 is 5.97 Å². The van der Waals surface area contributed by atoms with E-state index in [0.717, 1.165) is 6.42 Å². The molecule has 0 aliphatic heterocycles. The first-order chi connectivity index (χ1) is 10.8. The number of rotatable bonds is 17. The molecule has 132 valence electrons. The van der Waals surface area contributed by atoms with Crippen molar-refractivity contribution in [3.63, 3.8) is 0 Å². The Morgan fingerprint density at radius 2 is 1.36 bits per heavy atom. The molecule has 0 rings (SSSR count). The molecule has 0 atom stereocenters. The summed E-state index contributed by atoms with van der Waals surface area (Å²) in [6.07, 6.45) is 15.8. The van der Waals surface area contributed by atoms with Gasteiger partial charge in [-0.15, -0.1) is 0 Å². The minimum atomic E-state index is -0.170. The summed E-state index contributed by atoms with van der Waals surface area (Å²) in [7, 11) is 0. The van der Waals surface area contributed by atoms with Crippen molar-refractivity contribution in [2.45, 2.75) is 84.0 Å². The predicted molar refractivity (Wildman–Crippen MR) is 94.0 cm³/mol. The van der Waals surface area contributed by atoms with Crippen LogP contribution in [0.3, 0.4) is 0 Å². The Kier molecular flexibility index (Phi) is 17.9. The minimum Gasteiger partial charge on any atom is -0.465 e. The zero-order valence-electron chi connectivity index (χ0n) is 14.7. The average molecular weight is 315 g/mol. The summed E-state index contributed by atoms with van der Waals surface area (Å²) in [6, 6.07) is 0. The zero-order chi connectivity index (χ0) is 16.3. The summed E-state index contributed by atoms with van der Waals surface area (Å²) in [5.74, 6) is -0.170. The Morgan fingerprint density at radius 3 is 1.86 bits per heavy atom. The molecule has 0 aromatic heterocycles. The summed E-state index contributed by atoms with van der Waals surface area (Å²) in [6.45, 7) is 4.30. The second-order valence-electron chi connectivity index (χ2n) is 6.08. The van der Waals surface area contributed by atoms with Crippen LogP contribution in [0.5, 0.6) is 0 Å². The maximum atomic E-state index is 11.3. The van der Waals surface area contributed by atoms with Gasteiger partial charge < -0.3 is 15.8 Å². The average Bonchev–Trinajstić information content (AvgIpc) is 2.52. The first-order valence-corrected chi connectivity index (χ1v) is 9.37. The number of esters is 1. The van der Waals surface area contributed by atoms with E-state index in [-0.39, 0.29) is 12.5 Å². The standard InChI is InChI=1S/C18H38N2O2/c1-2-3-4-5-6-7-8-9-10-11-12-13-16-22-18(21)17-20-15-14-19/h20H,2-17,19H2,1H3. The minimum absolute atomic E-state index is 0.170. The van der Waals surface area contributed by atoms with Crippen LogP contribution in [-0.4, -0.2) is 32.2 Å². The third-order valence-electron chi connectivity index (χ3n) is 3.85. The van der Waals surface area contributed by atoms with Gasteiger partial charge in [0.2, 0.25) is 0 Å². The largest absolute Gasteiger partial charge is 0.465 e. The van der Waals surface area contributed by atoms with Crippen LogP contribution < -0.4 is 11.1 Å². The molecule has 0 aromatic rings. The molecule has 0 aliphatic carbocycles. The SMILES string of the molecule is CCCCCCCCCCCCCCOC(=O)CNCCN. The highest BCUT2D eigenvalue weighted by molar-refractivity contribution is 5.71. The number of hydrogen-bond acceptors (Lipinski definition) is 4. The topological polar surface area (TPSA) is 64.3 Å². The highest BCUT2D eigenvalue weighted by atomic mass is 16.5. The number of unbranched alkanes of at least 4 members (excludes halogenated alkanes) is 11. The molecule has 4 nitrogen and oxygen atoms in total. The van der Waals surface area contributed by atoms with Gasteiger partial charge in [0.05, 0.1) is 13.2 Å². The highest BCUT2D eigenvalue weighted by Gasteiger charge is 2.00. The summed E-state index contributed by atoms with van der Waals surface area (Å²) >= 11 is 0. The highest BCUT2D eigenvalue weighted by Crippen LogP contribution is 2.11. The van der Waals surface area contributed by atoms with E-state index in [0.29, 0.717) is 19.7 Å². The van der Waals surface area contributed by atoms with Gasteiger partial charge in [-0.2, -0.15) is 0 Å². The van der Waals surface area contributed by atoms with E-state index in [1.54, 1.807) is 0 Å². The molecule has 0 aliphatic rings. The fourth-order valence-electron chi connectivity index (χ4n) is 2.47. The molecule has 22 heavy (non-hydrogen) atoms. The summed E-state index contributed by atoms with van der Waals surface area (Å²) < 4.78 is 5.14. The van der Waals surface area contributed by atoms with Gasteiger partial charge in [0, 0.05) is 13.1 Å². The van der Waals surface area contributed by atoms with Gasteiger partial charge in [-0.3, -0.25) is 4.79 Å². The Labute approximate surface area is 137 Å². The molecule has 0 amide bonds. The molecule has 0 aromatic carbocycles. The van der Waals surface area contributed by atoms with Gasteiger partial charge in [0.15, 0.2) is 0 Å². The third-order valence-corrected chi connectivity index (χ3v) is 3.85. The second-order valence-corrected chi connectivity index (χ2v) is 6.08. The molecular formula is C18H38N2O2. The molecule has 0 fully saturated rings. The molecule has 0 saturated heterocycles. The van der Waals surface area contributed by atoms with Crippen LogP contribution in [0.1, 0.15) is 84.0 Å². The molecule has 0 radical (unpaired) electrons. The van der Waals surface area contributed by atoms with E-state index in [1.165, 1.54) is 70.6 Å². The zero-order valence-corrected chi connectivity index (χ0v) is 14.7. The van der Waals surface area contributed by atoms with E-state index < -0.39 is 0 Å². The maximum Gasteiger partial charge on any atom is 0.319 e. The Balaban J connectivity index is 3.06. The van der Waals surface area contributed by atoms with E-state index in [1.807, 2.05) is 0 Å². The van der Waals surface area contributed by atoms with Crippen molar-refractivity contribution in [3.05, 3.63) is 0 Å². The molecule has 3 N–H and O–H groups in total. The van der Waals surface area contributed by atoms with Crippen molar-refractivity contribution in [2.24, 2.45) is 5.73 Å². The van der Waals surface area contributed by atoms with Crippen molar-refractivity contribution in [1.29, 1.82) is 0 Å². The van der Waals surface area contributed by atoms with Crippen LogP contribution in [0.25, 0.3) is 0 Å². The third kappa shape index (κ3) is 17.4. The van der Waals surface area contributed by atoms with E-state index in [2.05, 4.69) is 12.2 Å². The number of carbonyl (C=O) groups excluding carboxylic acids is 1. The van der Waals surface area contributed by atoms with E-state index in [9.17, 15) is 4.79 Å². The predicted octanol–water partition coefficient (Wildman–Crippen LogP) is 3.78. The van der Waals surface area contributed by atoms with Crippen LogP contribution in [0, 0.1) is 0 Å². The second kappa shape index (κ2) is 18.4. The lowest BCUT2D eigenvalue weighted by Crippen LogP contribution is -2.29. The van der Waals surface area contributed by atoms with Crippen LogP contribution in [0.4, 0.5) is 0 Å². The number of nitrogens with two attached hydrogens (primary N) is 1. The van der Waals surface area contributed by atoms with Gasteiger partial charge in [-0.1, -0.05) is 77.6 Å². The lowest BCUT2D eigenvalue weighted by atomic mass is 10.1. The summed E-state index contributed by atoms with van der Waals surface area (Å²) in [5.41, 5.74) is 5.33. The van der Waals surface area contributed by atoms with Gasteiger partial charge in [-0.05, 0) is 6.42 Å². The molecule has 0 bridgehead atoms. The smallest absolute Gasteiger partial charge is 0.319 e. The summed E-state index contributed by atoms with van der Waals surface area (Å²) in [5, 5.41) is 2.93. The fourth-order valence-corrected chi connectivity index (χ4v) is 2.47. The molecule has 4 heteroatoms. The Bertz CT molecular complexity index is 235. The van der Waals surface area contributed by atoms with Crippen molar-refractivity contribution in [2.75, 3.05) is 26.2 Å². The summed E-state index contributed by atoms with van der Waals surface area (Å²) in [4.78, 5) is 11.3. The monoisotopic (exact) mass is 314 g/mol. The van der Waals surface area contributed by atoms with Crippen LogP contribution in [0.2, 0.25) is 0 Å². The van der Waals surface area contributed by atoms with Gasteiger partial charge in [0.25, 0.3) is 0 Å². The van der Waals surface area contributed by atoms with E-state index in [4.69, 9.17) is 10.5 Å². The Hall–Kier alpha value is -0.610. The fraction of sp³-hybridized carbons (Fsp3) is 0.944. The number of carbonyl (C=O) groups is 1. The van der Waals surface area contributed by atoms with Crippen LogP contribution in [0.15, 0.2) is 0 Å². The molecular weight excluding hydrogens is 276 g/mol. The normalized spacial score (nSPS) is 10.8. The molecule has 0 unspecified atom stereocenters. The van der Waals surface area contributed by atoms with Crippen LogP contribution in [-0.2, 0) is 9.53 Å². The van der Waals surface area contributed by atoms with E-state index >= 15 is 0 Å². The molecule has 0 spiro atoms. The first kappa shape index (κ1) is 21.4. The number of ether oxygens (including phenoxy) is 1. The van der Waals surface area contributed by atoms with Crippen molar-refractivity contribution in [1.82, 2.24) is 5.32 Å². The lowest BCUT2D eigenvalue weighted by Gasteiger charge is -2.06. The van der Waals surface area contributed by atoms with Crippen molar-refractivity contribution in [3.8, 4) is 0 Å². The molecule has 0 heterocycles. The van der Waals surface area contributed by atoms with Crippen molar-refractivity contribution >= 4 is 5.97 Å².